The number of hydrogen-bond donors (Lipinski definition) is 0. The smallest absolute Gasteiger partial charge is 0.381 e. The van der Waals surface area contributed by atoms with Gasteiger partial charge in [0, 0.05) is 58.7 Å². The van der Waals surface area contributed by atoms with E-state index in [1.165, 1.54) is 0 Å². The van der Waals surface area contributed by atoms with E-state index < -0.39 is 0 Å². The summed E-state index contributed by atoms with van der Waals surface area (Å²) in [4.78, 5) is 0. The van der Waals surface area contributed by atoms with Crippen LogP contribution in [-0.4, -0.2) is 33.2 Å². The Bertz CT molecular complexity index is 8.00. The van der Waals surface area contributed by atoms with Gasteiger partial charge >= 0.3 is 10.1 Å². The molecule has 0 heterocycles. The van der Waals surface area contributed by atoms with Gasteiger partial charge in [-0.3, -0.25) is 0 Å². The van der Waals surface area contributed by atoms with Crippen molar-refractivity contribution in [3.05, 3.63) is 0 Å². The Morgan fingerprint density at radius 3 is 1.25 bits per heavy atom. The second-order valence-electron chi connectivity index (χ2n) is 0. The van der Waals surface area contributed by atoms with Crippen molar-refractivity contribution in [2.24, 2.45) is 0 Å². The molecule has 0 rings (SSSR count). The molecule has 0 aromatic rings. The van der Waals surface area contributed by atoms with E-state index in [0.29, 0.717) is 0 Å². The van der Waals surface area contributed by atoms with Crippen molar-refractivity contribution in [2.45, 2.75) is 0 Å². The Morgan fingerprint density at radius 2 is 1.25 bits per heavy atom. The normalized spacial score (nSPS) is 1.00. The maximum Gasteiger partial charge on any atom is 0.381 e. The zero-order valence-electron chi connectivity index (χ0n) is 2.19. The van der Waals surface area contributed by atoms with E-state index in [9.17, 15) is 0 Å². The summed E-state index contributed by atoms with van der Waals surface area (Å²) in [6.45, 7) is 0. The molecule has 0 saturated heterocycles. The first kappa shape index (κ1) is 16.7. The predicted molar refractivity (Wildman–Crippen MR) is 12.2 cm³/mol. The van der Waals surface area contributed by atoms with Gasteiger partial charge in [-0.2, -0.15) is 0 Å². The fraction of sp³-hybridized carbons (Fsp3) is 0. The van der Waals surface area contributed by atoms with E-state index in [4.69, 9.17) is 4.46 Å². The standard InChI is InChI=1S/La.Mg.OSi/c;;1-2. The minimum Gasteiger partial charge on any atom is -0.381 e. The molecule has 0 saturated carbocycles. The summed E-state index contributed by atoms with van der Waals surface area (Å²) in [6.07, 6.45) is 0. The summed E-state index contributed by atoms with van der Waals surface area (Å²) in [7, 11) is 1.72. The zero-order chi connectivity index (χ0) is 2.00. The number of hydrogen-bond acceptors (Lipinski definition) is 1. The van der Waals surface area contributed by atoms with Crippen molar-refractivity contribution < 1.29 is 40.1 Å². The van der Waals surface area contributed by atoms with Gasteiger partial charge in [0.1, 0.15) is 0 Å². The first-order valence-electron chi connectivity index (χ1n) is 0.204. The van der Waals surface area contributed by atoms with Gasteiger partial charge in [0.05, 0.1) is 0 Å². The molecule has 0 N–H and O–H groups in total. The molecule has 0 atom stereocenters. The van der Waals surface area contributed by atoms with Crippen molar-refractivity contribution >= 4 is 33.2 Å². The number of rotatable bonds is 0. The molecule has 0 fully saturated rings. The van der Waals surface area contributed by atoms with Crippen LogP contribution in [0.2, 0.25) is 0 Å². The largest absolute Gasteiger partial charge is 0.381 e. The SMILES string of the molecule is O=[Si].[La].[Mg]. The Balaban J connectivity index is -0.00000000500. The fourth-order valence-electron chi connectivity index (χ4n) is 0. The summed E-state index contributed by atoms with van der Waals surface area (Å²) < 4.78 is 8.06. The molecule has 0 aliphatic carbocycles. The van der Waals surface area contributed by atoms with Crippen molar-refractivity contribution in [1.82, 2.24) is 0 Å². The second kappa shape index (κ2) is 20.1. The maximum absolute atomic E-state index is 8.06. The van der Waals surface area contributed by atoms with Crippen LogP contribution in [0.1, 0.15) is 0 Å². The van der Waals surface area contributed by atoms with Crippen LogP contribution in [0.15, 0.2) is 0 Å². The average Bonchev–Trinajstić information content (AvgIpc) is 1.00. The Labute approximate surface area is 72.1 Å². The molecular weight excluding hydrogens is 207 g/mol. The zero-order valence-corrected chi connectivity index (χ0v) is 8.23. The van der Waals surface area contributed by atoms with Gasteiger partial charge in [0.2, 0.25) is 0 Å². The van der Waals surface area contributed by atoms with Crippen molar-refractivity contribution in [3.8, 4) is 0 Å². The third-order valence-corrected chi connectivity index (χ3v) is 0. The van der Waals surface area contributed by atoms with Crippen LogP contribution >= 0.6 is 0 Å². The third-order valence-electron chi connectivity index (χ3n) is 0. The summed E-state index contributed by atoms with van der Waals surface area (Å²) in [5.74, 6) is 0. The van der Waals surface area contributed by atoms with Crippen LogP contribution in [0.25, 0.3) is 0 Å². The summed E-state index contributed by atoms with van der Waals surface area (Å²) in [5, 5.41) is 0. The second-order valence-corrected chi connectivity index (χ2v) is 0. The summed E-state index contributed by atoms with van der Waals surface area (Å²) in [5.41, 5.74) is 0. The van der Waals surface area contributed by atoms with E-state index in [1.54, 1.807) is 10.1 Å². The van der Waals surface area contributed by atoms with E-state index in [0.717, 1.165) is 0 Å². The van der Waals surface area contributed by atoms with Crippen molar-refractivity contribution in [2.75, 3.05) is 0 Å². The third kappa shape index (κ3) is 9.02. The van der Waals surface area contributed by atoms with E-state index in [2.05, 4.69) is 0 Å². The molecule has 0 unspecified atom stereocenters. The van der Waals surface area contributed by atoms with Crippen molar-refractivity contribution in [1.29, 1.82) is 0 Å². The Hall–Kier alpha value is 1.98. The van der Waals surface area contributed by atoms with Gasteiger partial charge in [-0.1, -0.05) is 0 Å². The monoisotopic (exact) mass is 207 g/mol. The fourth-order valence-corrected chi connectivity index (χ4v) is 0. The maximum atomic E-state index is 8.06. The molecule has 0 aromatic heterocycles. The Morgan fingerprint density at radius 1 is 1.25 bits per heavy atom. The van der Waals surface area contributed by atoms with Gasteiger partial charge in [-0.15, -0.1) is 0 Å². The summed E-state index contributed by atoms with van der Waals surface area (Å²) in [6, 6.07) is 0. The average molecular weight is 207 g/mol. The summed E-state index contributed by atoms with van der Waals surface area (Å²) >= 11 is 0. The van der Waals surface area contributed by atoms with Crippen LogP contribution in [0.5, 0.6) is 0 Å². The van der Waals surface area contributed by atoms with Crippen LogP contribution in [0.4, 0.5) is 0 Å². The van der Waals surface area contributed by atoms with Gasteiger partial charge in [0.15, 0.2) is 0 Å². The molecule has 0 bridgehead atoms. The molecule has 15 valence electrons. The molecule has 0 aliphatic heterocycles. The van der Waals surface area contributed by atoms with E-state index >= 15 is 0 Å². The molecule has 0 aromatic carbocycles. The minimum atomic E-state index is 0. The quantitative estimate of drug-likeness (QED) is 0.471. The molecule has 4 heavy (non-hydrogen) atoms. The van der Waals surface area contributed by atoms with Crippen LogP contribution in [0.3, 0.4) is 0 Å². The molecule has 0 amide bonds. The molecular formula is LaMgOSi. The molecule has 0 spiro atoms. The molecule has 4 heteroatoms. The van der Waals surface area contributed by atoms with E-state index in [1.807, 2.05) is 0 Å². The van der Waals surface area contributed by atoms with Gasteiger partial charge in [-0.05, 0) is 0 Å². The Kier molecular flexibility index (Phi) is 84.1. The van der Waals surface area contributed by atoms with Crippen LogP contribution in [-0.2, 0) is 4.46 Å². The first-order valence-corrected chi connectivity index (χ1v) is 0.612. The van der Waals surface area contributed by atoms with Crippen molar-refractivity contribution in [3.63, 3.8) is 0 Å². The molecule has 1 nitrogen and oxygen atoms in total. The molecule has 0 aliphatic rings. The molecule has 5 radical (unpaired) electrons. The van der Waals surface area contributed by atoms with Gasteiger partial charge in [-0.25, -0.2) is 0 Å². The first-order chi connectivity index (χ1) is 1.00. The van der Waals surface area contributed by atoms with E-state index in [-0.39, 0.29) is 58.7 Å². The van der Waals surface area contributed by atoms with Crippen LogP contribution < -0.4 is 0 Å². The van der Waals surface area contributed by atoms with Crippen LogP contribution in [0, 0.1) is 35.6 Å². The van der Waals surface area contributed by atoms with Gasteiger partial charge < -0.3 is 4.46 Å². The predicted octanol–water partition coefficient (Wildman–Crippen LogP) is -0.880. The topological polar surface area (TPSA) is 17.1 Å². The van der Waals surface area contributed by atoms with Gasteiger partial charge in [0.25, 0.3) is 0 Å². The minimum absolute atomic E-state index is 0.